The highest BCUT2D eigenvalue weighted by Gasteiger charge is 2.30. The molecule has 1 aromatic carbocycles. The van der Waals surface area contributed by atoms with Crippen molar-refractivity contribution < 1.29 is 24.2 Å². The van der Waals surface area contributed by atoms with Crippen molar-refractivity contribution in [2.24, 2.45) is 0 Å². The molecular weight excluding hydrogens is 400 g/mol. The number of hydrogen-bond acceptors (Lipinski definition) is 7. The third kappa shape index (κ3) is 6.05. The van der Waals surface area contributed by atoms with Crippen LogP contribution < -0.4 is 5.32 Å². The molecule has 2 N–H and O–H groups in total. The quantitative estimate of drug-likeness (QED) is 0.658. The largest absolute Gasteiger partial charge is 0.444 e. The van der Waals surface area contributed by atoms with Crippen LogP contribution in [0, 0.1) is 0 Å². The first-order chi connectivity index (χ1) is 14.7. The van der Waals surface area contributed by atoms with Crippen LogP contribution in [0.3, 0.4) is 0 Å². The second-order valence-electron chi connectivity index (χ2n) is 8.65. The fourth-order valence-corrected chi connectivity index (χ4v) is 3.49. The summed E-state index contributed by atoms with van der Waals surface area (Å²) in [5.74, 6) is -0.872. The van der Waals surface area contributed by atoms with Crippen LogP contribution in [0.4, 0.5) is 10.5 Å². The lowest BCUT2D eigenvalue weighted by atomic mass is 10.1. The summed E-state index contributed by atoms with van der Waals surface area (Å²) in [4.78, 5) is 41.4. The number of benzene rings is 1. The zero-order valence-corrected chi connectivity index (χ0v) is 18.3. The van der Waals surface area contributed by atoms with E-state index in [1.807, 2.05) is 45.0 Å². The number of nitrogens with zero attached hydrogens (tertiary/aromatic N) is 3. The molecular formula is C22H30N4O5. The van der Waals surface area contributed by atoms with Gasteiger partial charge in [-0.25, -0.2) is 4.79 Å². The zero-order valence-electron chi connectivity index (χ0n) is 18.3. The number of aliphatic hydroxyl groups is 1. The van der Waals surface area contributed by atoms with Crippen molar-refractivity contribution >= 4 is 23.6 Å². The molecule has 31 heavy (non-hydrogen) atoms. The maximum atomic E-state index is 12.3. The number of anilines is 1. The van der Waals surface area contributed by atoms with Gasteiger partial charge in [0.25, 0.3) is 11.8 Å². The Hall–Kier alpha value is -2.91. The Bertz CT molecular complexity index is 869. The van der Waals surface area contributed by atoms with E-state index in [0.29, 0.717) is 25.3 Å². The molecule has 9 heteroatoms. The number of aliphatic hydroxyl groups excluding tert-OH is 1. The number of nitrogens with one attached hydrogen (secondary N) is 1. The molecule has 2 heterocycles. The molecule has 0 aromatic heterocycles. The first-order valence-corrected chi connectivity index (χ1v) is 10.4. The van der Waals surface area contributed by atoms with Crippen LogP contribution in [0.5, 0.6) is 0 Å². The molecule has 1 aromatic rings. The summed E-state index contributed by atoms with van der Waals surface area (Å²) in [6, 6.07) is 7.66. The molecule has 2 aliphatic rings. The molecule has 3 rings (SSSR count). The fraction of sp³-hybridized carbons (Fsp3) is 0.500. The van der Waals surface area contributed by atoms with Gasteiger partial charge in [-0.05, 0) is 38.5 Å². The molecule has 0 spiro atoms. The molecule has 1 saturated heterocycles. The highest BCUT2D eigenvalue weighted by atomic mass is 16.6. The van der Waals surface area contributed by atoms with Gasteiger partial charge in [-0.3, -0.25) is 19.4 Å². The number of hydrogen-bond donors (Lipinski definition) is 2. The van der Waals surface area contributed by atoms with E-state index in [1.54, 1.807) is 4.90 Å². The third-order valence-electron chi connectivity index (χ3n) is 4.97. The standard InChI is InChI=1S/C22H30N4O5/c1-22(2,3)31-21(30)25-9-7-24(8-10-25)15-16-5-4-6-17(13-16)23-18-14-19(28)26(11-12-27)20(18)29/h4-6,13-14,23,27H,7-12,15H2,1-3H3. The number of ether oxygens (including phenoxy) is 1. The SMILES string of the molecule is CC(C)(C)OC(=O)N1CCN(Cc2cccc(NC3=CC(=O)N(CCO)C3=O)c2)CC1. The minimum Gasteiger partial charge on any atom is -0.444 e. The average molecular weight is 431 g/mol. The van der Waals surface area contributed by atoms with E-state index in [2.05, 4.69) is 10.2 Å². The molecule has 0 aliphatic carbocycles. The second kappa shape index (κ2) is 9.49. The predicted octanol–water partition coefficient (Wildman–Crippen LogP) is 1.40. The summed E-state index contributed by atoms with van der Waals surface area (Å²) in [6.07, 6.45) is 0.971. The van der Waals surface area contributed by atoms with Crippen LogP contribution in [-0.2, 0) is 20.9 Å². The van der Waals surface area contributed by atoms with E-state index >= 15 is 0 Å². The van der Waals surface area contributed by atoms with Gasteiger partial charge in [0.1, 0.15) is 11.3 Å². The maximum absolute atomic E-state index is 12.3. The first kappa shape index (κ1) is 22.8. The van der Waals surface area contributed by atoms with Gasteiger partial charge in [-0.15, -0.1) is 0 Å². The molecule has 1 fully saturated rings. The van der Waals surface area contributed by atoms with Crippen molar-refractivity contribution in [2.75, 3.05) is 44.6 Å². The number of rotatable bonds is 6. The van der Waals surface area contributed by atoms with Gasteiger partial charge < -0.3 is 20.1 Å². The van der Waals surface area contributed by atoms with Crippen LogP contribution in [0.15, 0.2) is 36.0 Å². The summed E-state index contributed by atoms with van der Waals surface area (Å²) in [5, 5.41) is 12.0. The van der Waals surface area contributed by atoms with Gasteiger partial charge in [0.05, 0.1) is 13.2 Å². The average Bonchev–Trinajstić information content (AvgIpc) is 2.95. The Balaban J connectivity index is 1.54. The van der Waals surface area contributed by atoms with Crippen LogP contribution in [0.25, 0.3) is 0 Å². The van der Waals surface area contributed by atoms with Crippen molar-refractivity contribution in [2.45, 2.75) is 32.9 Å². The number of amides is 3. The van der Waals surface area contributed by atoms with E-state index in [4.69, 9.17) is 9.84 Å². The number of piperazine rings is 1. The highest BCUT2D eigenvalue weighted by molar-refractivity contribution is 6.17. The van der Waals surface area contributed by atoms with Crippen molar-refractivity contribution in [1.29, 1.82) is 0 Å². The monoisotopic (exact) mass is 430 g/mol. The molecule has 0 radical (unpaired) electrons. The van der Waals surface area contributed by atoms with Crippen LogP contribution >= 0.6 is 0 Å². The molecule has 0 unspecified atom stereocenters. The summed E-state index contributed by atoms with van der Waals surface area (Å²) < 4.78 is 5.43. The van der Waals surface area contributed by atoms with E-state index in [9.17, 15) is 14.4 Å². The smallest absolute Gasteiger partial charge is 0.410 e. The lowest BCUT2D eigenvalue weighted by molar-refractivity contribution is -0.137. The van der Waals surface area contributed by atoms with E-state index in [1.165, 1.54) is 6.08 Å². The second-order valence-corrected chi connectivity index (χ2v) is 8.65. The Labute approximate surface area is 182 Å². The van der Waals surface area contributed by atoms with Crippen LogP contribution in [-0.4, -0.2) is 82.6 Å². The summed E-state index contributed by atoms with van der Waals surface area (Å²) in [6.45, 7) is 8.70. The number of β-amino-alcohol motifs (C(OH)–C–C–N with tert-alkyl or cyclic N) is 1. The van der Waals surface area contributed by atoms with Gasteiger partial charge in [-0.1, -0.05) is 12.1 Å². The molecule has 9 nitrogen and oxygen atoms in total. The Morgan fingerprint density at radius 3 is 2.52 bits per heavy atom. The normalized spacial score (nSPS) is 17.7. The fourth-order valence-electron chi connectivity index (χ4n) is 3.49. The Morgan fingerprint density at radius 2 is 1.87 bits per heavy atom. The molecule has 168 valence electrons. The van der Waals surface area contributed by atoms with Crippen molar-refractivity contribution in [1.82, 2.24) is 14.7 Å². The number of imide groups is 1. The van der Waals surface area contributed by atoms with Gasteiger partial charge in [0, 0.05) is 44.5 Å². The van der Waals surface area contributed by atoms with Gasteiger partial charge in [0.15, 0.2) is 0 Å². The Kier molecular flexibility index (Phi) is 6.97. The molecule has 0 saturated carbocycles. The zero-order chi connectivity index (χ0) is 22.6. The molecule has 0 bridgehead atoms. The van der Waals surface area contributed by atoms with Crippen molar-refractivity contribution in [3.8, 4) is 0 Å². The Morgan fingerprint density at radius 1 is 1.16 bits per heavy atom. The van der Waals surface area contributed by atoms with E-state index in [0.717, 1.165) is 23.6 Å². The minimum atomic E-state index is -0.502. The highest BCUT2D eigenvalue weighted by Crippen LogP contribution is 2.20. The number of carbonyl (C=O) groups excluding carboxylic acids is 3. The lowest BCUT2D eigenvalue weighted by Crippen LogP contribution is -2.49. The van der Waals surface area contributed by atoms with E-state index in [-0.39, 0.29) is 24.9 Å². The van der Waals surface area contributed by atoms with Gasteiger partial charge >= 0.3 is 6.09 Å². The lowest BCUT2D eigenvalue weighted by Gasteiger charge is -2.35. The molecule has 3 amide bonds. The van der Waals surface area contributed by atoms with Crippen LogP contribution in [0.2, 0.25) is 0 Å². The van der Waals surface area contributed by atoms with Gasteiger partial charge in [-0.2, -0.15) is 0 Å². The van der Waals surface area contributed by atoms with Gasteiger partial charge in [0.2, 0.25) is 0 Å². The predicted molar refractivity (Wildman–Crippen MR) is 115 cm³/mol. The first-order valence-electron chi connectivity index (χ1n) is 10.4. The third-order valence-corrected chi connectivity index (χ3v) is 4.97. The molecule has 2 aliphatic heterocycles. The van der Waals surface area contributed by atoms with E-state index < -0.39 is 17.4 Å². The summed E-state index contributed by atoms with van der Waals surface area (Å²) >= 11 is 0. The molecule has 0 atom stereocenters. The number of carbonyl (C=O) groups is 3. The summed E-state index contributed by atoms with van der Waals surface area (Å²) in [7, 11) is 0. The summed E-state index contributed by atoms with van der Waals surface area (Å²) in [5.41, 5.74) is 1.46. The maximum Gasteiger partial charge on any atom is 0.410 e. The van der Waals surface area contributed by atoms with Crippen molar-refractivity contribution in [3.05, 3.63) is 41.6 Å². The van der Waals surface area contributed by atoms with Crippen molar-refractivity contribution in [3.63, 3.8) is 0 Å². The minimum absolute atomic E-state index is 0.0192. The van der Waals surface area contributed by atoms with Crippen LogP contribution in [0.1, 0.15) is 26.3 Å². The topological polar surface area (TPSA) is 102 Å².